The first-order valence-corrected chi connectivity index (χ1v) is 6.62. The number of hydrogen-bond acceptors (Lipinski definition) is 3. The number of carbonyl (C=O) groups is 2. The van der Waals surface area contributed by atoms with Crippen LogP contribution in [0.1, 0.15) is 19.3 Å². The van der Waals surface area contributed by atoms with Crippen LogP contribution >= 0.6 is 0 Å². The Kier molecular flexibility index (Phi) is 4.41. The smallest absolute Gasteiger partial charge is 0.317 e. The summed E-state index contributed by atoms with van der Waals surface area (Å²) in [5.41, 5.74) is 0. The van der Waals surface area contributed by atoms with Crippen LogP contribution in [0, 0.1) is 5.92 Å². The zero-order chi connectivity index (χ0) is 13.0. The summed E-state index contributed by atoms with van der Waals surface area (Å²) in [5, 5.41) is 11.5. The number of rotatable bonds is 5. The molecule has 0 radical (unpaired) electrons. The zero-order valence-corrected chi connectivity index (χ0v) is 10.6. The highest BCUT2D eigenvalue weighted by atomic mass is 16.4. The molecule has 0 aromatic heterocycles. The number of carbonyl (C=O) groups excluding carboxylic acids is 1. The summed E-state index contributed by atoms with van der Waals surface area (Å²) >= 11 is 0. The molecule has 0 aliphatic carbocycles. The molecule has 2 fully saturated rings. The van der Waals surface area contributed by atoms with E-state index in [4.69, 9.17) is 5.11 Å². The van der Waals surface area contributed by atoms with E-state index in [9.17, 15) is 9.59 Å². The molecular weight excluding hydrogens is 234 g/mol. The number of nitrogens with one attached hydrogen (secondary N) is 1. The highest BCUT2D eigenvalue weighted by molar-refractivity contribution is 5.75. The van der Waals surface area contributed by atoms with E-state index in [1.165, 1.54) is 12.8 Å². The van der Waals surface area contributed by atoms with Crippen molar-refractivity contribution in [2.24, 2.45) is 5.92 Å². The van der Waals surface area contributed by atoms with Gasteiger partial charge in [-0.15, -0.1) is 0 Å². The van der Waals surface area contributed by atoms with Gasteiger partial charge in [-0.1, -0.05) is 0 Å². The normalized spacial score (nSPS) is 20.8. The van der Waals surface area contributed by atoms with E-state index in [1.54, 1.807) is 4.90 Å². The molecule has 2 heterocycles. The molecular formula is C12H21N3O3. The molecule has 2 aliphatic rings. The molecule has 0 bridgehead atoms. The first-order valence-electron chi connectivity index (χ1n) is 6.62. The van der Waals surface area contributed by atoms with E-state index in [1.807, 2.05) is 0 Å². The van der Waals surface area contributed by atoms with Crippen LogP contribution in [-0.4, -0.2) is 66.2 Å². The maximum Gasteiger partial charge on any atom is 0.317 e. The van der Waals surface area contributed by atoms with Crippen LogP contribution < -0.4 is 5.32 Å². The summed E-state index contributed by atoms with van der Waals surface area (Å²) < 4.78 is 0. The van der Waals surface area contributed by atoms with Crippen LogP contribution in [0.3, 0.4) is 0 Å². The van der Waals surface area contributed by atoms with Gasteiger partial charge in [0.25, 0.3) is 0 Å². The van der Waals surface area contributed by atoms with Crippen molar-refractivity contribution in [3.05, 3.63) is 0 Å². The van der Waals surface area contributed by atoms with Crippen LogP contribution in [0.5, 0.6) is 0 Å². The minimum absolute atomic E-state index is 0.0594. The lowest BCUT2D eigenvalue weighted by Crippen LogP contribution is -2.54. The van der Waals surface area contributed by atoms with Gasteiger partial charge in [0, 0.05) is 32.1 Å². The number of urea groups is 1. The van der Waals surface area contributed by atoms with Gasteiger partial charge in [-0.3, -0.25) is 4.79 Å². The predicted octanol–water partition coefficient (Wildman–Crippen LogP) is 0.198. The van der Waals surface area contributed by atoms with Crippen molar-refractivity contribution in [1.82, 2.24) is 15.1 Å². The zero-order valence-electron chi connectivity index (χ0n) is 10.6. The molecule has 0 atom stereocenters. The fourth-order valence-electron chi connectivity index (χ4n) is 2.55. The molecule has 0 aromatic rings. The highest BCUT2D eigenvalue weighted by Crippen LogP contribution is 2.18. The monoisotopic (exact) mass is 255 g/mol. The molecule has 2 aliphatic heterocycles. The molecule has 0 unspecified atom stereocenters. The van der Waals surface area contributed by atoms with E-state index >= 15 is 0 Å². The number of amides is 2. The summed E-state index contributed by atoms with van der Waals surface area (Å²) in [6.45, 7) is 5.02. The number of aliphatic carboxylic acids is 1. The predicted molar refractivity (Wildman–Crippen MR) is 66.4 cm³/mol. The average molecular weight is 255 g/mol. The molecule has 0 aromatic carbocycles. The van der Waals surface area contributed by atoms with Crippen molar-refractivity contribution in [3.63, 3.8) is 0 Å². The van der Waals surface area contributed by atoms with Gasteiger partial charge >= 0.3 is 12.0 Å². The lowest BCUT2D eigenvalue weighted by atomic mass is 9.97. The lowest BCUT2D eigenvalue weighted by molar-refractivity contribution is -0.139. The van der Waals surface area contributed by atoms with E-state index in [0.29, 0.717) is 19.6 Å². The van der Waals surface area contributed by atoms with Gasteiger partial charge in [0.1, 0.15) is 0 Å². The molecule has 2 N–H and O–H groups in total. The van der Waals surface area contributed by atoms with Gasteiger partial charge in [0.15, 0.2) is 0 Å². The number of carboxylic acids is 1. The third-order valence-electron chi connectivity index (χ3n) is 3.61. The van der Waals surface area contributed by atoms with Crippen molar-refractivity contribution in [1.29, 1.82) is 0 Å². The van der Waals surface area contributed by atoms with Gasteiger partial charge in [-0.25, -0.2) is 4.79 Å². The van der Waals surface area contributed by atoms with Crippen LogP contribution in [-0.2, 0) is 4.79 Å². The molecule has 2 rings (SSSR count). The second-order valence-electron chi connectivity index (χ2n) is 5.15. The molecule has 2 amide bonds. The quantitative estimate of drug-likeness (QED) is 0.736. The van der Waals surface area contributed by atoms with Crippen LogP contribution in [0.4, 0.5) is 4.79 Å². The molecule has 0 saturated carbocycles. The Bertz CT molecular complexity index is 310. The molecule has 6 nitrogen and oxygen atoms in total. The van der Waals surface area contributed by atoms with Gasteiger partial charge < -0.3 is 20.2 Å². The van der Waals surface area contributed by atoms with Crippen LogP contribution in [0.2, 0.25) is 0 Å². The number of carboxylic acid groups (broad SMARTS) is 1. The van der Waals surface area contributed by atoms with Crippen molar-refractivity contribution < 1.29 is 14.7 Å². The summed E-state index contributed by atoms with van der Waals surface area (Å²) in [7, 11) is 0. The summed E-state index contributed by atoms with van der Waals surface area (Å²) in [6, 6.07) is -0.0594. The van der Waals surface area contributed by atoms with Crippen molar-refractivity contribution in [2.45, 2.75) is 19.3 Å². The Balaban J connectivity index is 1.54. The Labute approximate surface area is 107 Å². The molecule has 102 valence electrons. The highest BCUT2D eigenvalue weighted by Gasteiger charge is 2.31. The van der Waals surface area contributed by atoms with E-state index in [0.717, 1.165) is 19.6 Å². The minimum atomic E-state index is -0.783. The maximum absolute atomic E-state index is 11.7. The third kappa shape index (κ3) is 3.60. The second kappa shape index (κ2) is 6.04. The summed E-state index contributed by atoms with van der Waals surface area (Å²) in [5.74, 6) is -0.652. The summed E-state index contributed by atoms with van der Waals surface area (Å²) in [6.07, 6.45) is 2.69. The van der Waals surface area contributed by atoms with Gasteiger partial charge in [0.2, 0.25) is 0 Å². The van der Waals surface area contributed by atoms with Crippen molar-refractivity contribution in [2.75, 3.05) is 39.3 Å². The Morgan fingerprint density at radius 1 is 1.22 bits per heavy atom. The largest absolute Gasteiger partial charge is 0.481 e. The van der Waals surface area contributed by atoms with Crippen LogP contribution in [0.15, 0.2) is 0 Å². The van der Waals surface area contributed by atoms with Gasteiger partial charge in [-0.05, 0) is 25.9 Å². The average Bonchev–Trinajstić information content (AvgIpc) is 2.75. The lowest BCUT2D eigenvalue weighted by Gasteiger charge is -2.38. The maximum atomic E-state index is 11.7. The SMILES string of the molecule is O=C(O)CC1CN(C(=O)NCCN2CCCC2)C1. The van der Waals surface area contributed by atoms with Gasteiger partial charge in [0.05, 0.1) is 6.42 Å². The third-order valence-corrected chi connectivity index (χ3v) is 3.61. The fraction of sp³-hybridized carbons (Fsp3) is 0.833. The molecule has 2 saturated heterocycles. The van der Waals surface area contributed by atoms with Gasteiger partial charge in [-0.2, -0.15) is 0 Å². The standard InChI is InChI=1S/C12H21N3O3/c16-11(17)7-10-8-15(9-10)12(18)13-3-6-14-4-1-2-5-14/h10H,1-9H2,(H,13,18)(H,16,17). The first-order chi connectivity index (χ1) is 8.65. The molecule has 6 heteroatoms. The second-order valence-corrected chi connectivity index (χ2v) is 5.15. The topological polar surface area (TPSA) is 72.9 Å². The number of nitrogens with zero attached hydrogens (tertiary/aromatic N) is 2. The minimum Gasteiger partial charge on any atom is -0.481 e. The Morgan fingerprint density at radius 2 is 1.89 bits per heavy atom. The first kappa shape index (κ1) is 13.1. The number of hydrogen-bond donors (Lipinski definition) is 2. The van der Waals surface area contributed by atoms with Crippen LogP contribution in [0.25, 0.3) is 0 Å². The molecule has 0 spiro atoms. The number of likely N-dealkylation sites (tertiary alicyclic amines) is 2. The van der Waals surface area contributed by atoms with Crippen molar-refractivity contribution >= 4 is 12.0 Å². The van der Waals surface area contributed by atoms with E-state index in [-0.39, 0.29) is 18.4 Å². The molecule has 18 heavy (non-hydrogen) atoms. The van der Waals surface area contributed by atoms with E-state index < -0.39 is 5.97 Å². The Hall–Kier alpha value is -1.30. The van der Waals surface area contributed by atoms with E-state index in [2.05, 4.69) is 10.2 Å². The van der Waals surface area contributed by atoms with Crippen molar-refractivity contribution in [3.8, 4) is 0 Å². The Morgan fingerprint density at radius 3 is 2.50 bits per heavy atom. The fourth-order valence-corrected chi connectivity index (χ4v) is 2.55. The summed E-state index contributed by atoms with van der Waals surface area (Å²) in [4.78, 5) is 26.2.